The van der Waals surface area contributed by atoms with Crippen molar-refractivity contribution >= 4 is 33.1 Å². The number of benzene rings is 2. The van der Waals surface area contributed by atoms with Gasteiger partial charge in [-0.2, -0.15) is 0 Å². The van der Waals surface area contributed by atoms with E-state index in [4.69, 9.17) is 18.1 Å². The van der Waals surface area contributed by atoms with Gasteiger partial charge in [0.1, 0.15) is 0 Å². The molecule has 0 aliphatic rings. The molecule has 0 radical (unpaired) electrons. The van der Waals surface area contributed by atoms with Gasteiger partial charge in [-0.25, -0.2) is 0 Å². The first-order valence-corrected chi connectivity index (χ1v) is 9.51. The summed E-state index contributed by atoms with van der Waals surface area (Å²) < 4.78 is 21.1. The fourth-order valence-electron chi connectivity index (χ4n) is 2.21. The summed E-state index contributed by atoms with van der Waals surface area (Å²) in [5, 5.41) is 1.85. The summed E-state index contributed by atoms with van der Waals surface area (Å²) in [6.45, 7) is 0. The monoisotopic (exact) mass is 366 g/mol. The van der Waals surface area contributed by atoms with Gasteiger partial charge in [0.2, 0.25) is 16.8 Å². The predicted octanol–water partition coefficient (Wildman–Crippen LogP) is 3.38. The first-order valence-electron chi connectivity index (χ1n) is 7.16. The first-order chi connectivity index (χ1) is 11.6. The van der Waals surface area contributed by atoms with Crippen LogP contribution in [-0.4, -0.2) is 34.2 Å². The maximum absolute atomic E-state index is 12.6. The van der Waals surface area contributed by atoms with Crippen LogP contribution in [0.3, 0.4) is 0 Å². The largest absolute Gasteiger partial charge is 0.334 e. The van der Waals surface area contributed by atoms with E-state index in [1.54, 1.807) is 52.7 Å². The molecule has 0 unspecified atom stereocenters. The summed E-state index contributed by atoms with van der Waals surface area (Å²) in [7, 11) is 4.23. The van der Waals surface area contributed by atoms with Gasteiger partial charge in [-0.3, -0.25) is 4.79 Å². The SMILES string of the molecule is COP(OC)c1ccc(C(=O)c2ccc(P(OC)OC)cc2)cc1. The molecule has 7 heteroatoms. The summed E-state index contributed by atoms with van der Waals surface area (Å²) in [4.78, 5) is 12.6. The fraction of sp³-hybridized carbons (Fsp3) is 0.235. The van der Waals surface area contributed by atoms with Crippen molar-refractivity contribution in [2.45, 2.75) is 0 Å². The van der Waals surface area contributed by atoms with E-state index in [9.17, 15) is 4.79 Å². The van der Waals surface area contributed by atoms with Gasteiger partial charge in [0, 0.05) is 50.2 Å². The molecule has 0 aromatic heterocycles. The van der Waals surface area contributed by atoms with Crippen LogP contribution in [0.25, 0.3) is 0 Å². The quantitative estimate of drug-likeness (QED) is 0.530. The highest BCUT2D eigenvalue weighted by Gasteiger charge is 2.15. The van der Waals surface area contributed by atoms with E-state index in [1.807, 2.05) is 24.3 Å². The molecule has 5 nitrogen and oxygen atoms in total. The topological polar surface area (TPSA) is 54.0 Å². The normalized spacial score (nSPS) is 11.2. The number of ketones is 1. The van der Waals surface area contributed by atoms with E-state index >= 15 is 0 Å². The number of carbonyl (C=O) groups is 1. The first kappa shape index (κ1) is 19.1. The van der Waals surface area contributed by atoms with Crippen LogP contribution in [0.2, 0.25) is 0 Å². The molecule has 0 N–H and O–H groups in total. The predicted molar refractivity (Wildman–Crippen MR) is 97.5 cm³/mol. The zero-order valence-electron chi connectivity index (χ0n) is 14.1. The van der Waals surface area contributed by atoms with Crippen molar-refractivity contribution in [2.24, 2.45) is 0 Å². The van der Waals surface area contributed by atoms with Crippen LogP contribution in [0.4, 0.5) is 0 Å². The molecule has 0 saturated carbocycles. The average molecular weight is 366 g/mol. The van der Waals surface area contributed by atoms with Gasteiger partial charge in [0.25, 0.3) is 0 Å². The summed E-state index contributed by atoms with van der Waals surface area (Å²) in [6, 6.07) is 14.6. The zero-order valence-corrected chi connectivity index (χ0v) is 15.8. The summed E-state index contributed by atoms with van der Waals surface area (Å²) >= 11 is 0. The molecule has 128 valence electrons. The van der Waals surface area contributed by atoms with Crippen molar-refractivity contribution in [3.8, 4) is 0 Å². The highest BCUT2D eigenvalue weighted by Crippen LogP contribution is 2.35. The highest BCUT2D eigenvalue weighted by atomic mass is 31.2. The molecule has 0 bridgehead atoms. The number of hydrogen-bond acceptors (Lipinski definition) is 5. The maximum Gasteiger partial charge on any atom is 0.204 e. The summed E-state index contributed by atoms with van der Waals surface area (Å²) in [6.07, 6.45) is 0. The second kappa shape index (κ2) is 9.33. The number of rotatable bonds is 8. The lowest BCUT2D eigenvalue weighted by atomic mass is 10.0. The number of hydrogen-bond donors (Lipinski definition) is 0. The molecule has 2 aromatic rings. The van der Waals surface area contributed by atoms with Gasteiger partial charge < -0.3 is 18.1 Å². The second-order valence-electron chi connectivity index (χ2n) is 4.67. The summed E-state index contributed by atoms with van der Waals surface area (Å²) in [5.74, 6) is -0.0357. The molecule has 0 fully saturated rings. The average Bonchev–Trinajstić information content (AvgIpc) is 2.64. The van der Waals surface area contributed by atoms with Gasteiger partial charge >= 0.3 is 0 Å². The van der Waals surface area contributed by atoms with E-state index in [1.165, 1.54) is 0 Å². The third kappa shape index (κ3) is 4.46. The maximum atomic E-state index is 12.6. The molecule has 24 heavy (non-hydrogen) atoms. The minimum atomic E-state index is -1.09. The van der Waals surface area contributed by atoms with Crippen molar-refractivity contribution < 1.29 is 22.9 Å². The Morgan fingerprint density at radius 3 is 1.17 bits per heavy atom. The van der Waals surface area contributed by atoms with Crippen molar-refractivity contribution in [1.82, 2.24) is 0 Å². The Hall–Kier alpha value is -1.19. The molecule has 0 spiro atoms. The lowest BCUT2D eigenvalue weighted by molar-refractivity contribution is 0.103. The molecule has 0 heterocycles. The molecule has 0 saturated heterocycles. The minimum Gasteiger partial charge on any atom is -0.334 e. The molecular weight excluding hydrogens is 346 g/mol. The van der Waals surface area contributed by atoms with Crippen LogP contribution in [0, 0.1) is 0 Å². The Balaban J connectivity index is 2.16. The Bertz CT molecular complexity index is 592. The van der Waals surface area contributed by atoms with E-state index in [0.717, 1.165) is 10.6 Å². The Morgan fingerprint density at radius 2 is 0.917 bits per heavy atom. The van der Waals surface area contributed by atoms with Crippen molar-refractivity contribution in [3.05, 3.63) is 59.7 Å². The van der Waals surface area contributed by atoms with E-state index in [2.05, 4.69) is 0 Å². The minimum absolute atomic E-state index is 0.0357. The van der Waals surface area contributed by atoms with E-state index < -0.39 is 16.8 Å². The van der Waals surface area contributed by atoms with Gasteiger partial charge in [0.15, 0.2) is 5.78 Å². The van der Waals surface area contributed by atoms with Crippen LogP contribution < -0.4 is 10.6 Å². The lowest BCUT2D eigenvalue weighted by Crippen LogP contribution is -2.08. The third-order valence-corrected chi connectivity index (χ3v) is 6.11. The standard InChI is InChI=1S/C17H20O5P2/c1-19-23(20-2)15-9-5-13(6-10-15)17(18)14-7-11-16(12-8-14)24(21-3)22-4/h5-12H,1-4H3. The van der Waals surface area contributed by atoms with Crippen molar-refractivity contribution in [3.63, 3.8) is 0 Å². The molecular formula is C17H20O5P2. The zero-order chi connectivity index (χ0) is 17.5. The Kier molecular flexibility index (Phi) is 7.44. The van der Waals surface area contributed by atoms with Gasteiger partial charge in [-0.1, -0.05) is 24.3 Å². The van der Waals surface area contributed by atoms with Crippen LogP contribution in [0.5, 0.6) is 0 Å². The molecule has 2 aromatic carbocycles. The van der Waals surface area contributed by atoms with Gasteiger partial charge in [-0.05, 0) is 24.3 Å². The fourth-order valence-corrected chi connectivity index (χ4v) is 4.13. The van der Waals surface area contributed by atoms with Crippen LogP contribution >= 0.6 is 16.8 Å². The summed E-state index contributed by atoms with van der Waals surface area (Å²) in [5.41, 5.74) is 1.24. The number of carbonyl (C=O) groups excluding carboxylic acids is 1. The molecule has 2 rings (SSSR count). The van der Waals surface area contributed by atoms with E-state index in [0.29, 0.717) is 11.1 Å². The van der Waals surface area contributed by atoms with Crippen LogP contribution in [0.15, 0.2) is 48.5 Å². The Labute approximate surface area is 144 Å². The van der Waals surface area contributed by atoms with Crippen molar-refractivity contribution in [2.75, 3.05) is 28.4 Å². The van der Waals surface area contributed by atoms with Crippen LogP contribution in [-0.2, 0) is 18.1 Å². The van der Waals surface area contributed by atoms with E-state index in [-0.39, 0.29) is 5.78 Å². The van der Waals surface area contributed by atoms with Gasteiger partial charge in [0.05, 0.1) is 0 Å². The molecule has 0 atom stereocenters. The lowest BCUT2D eigenvalue weighted by Gasteiger charge is -2.13. The molecule has 0 amide bonds. The van der Waals surface area contributed by atoms with Crippen molar-refractivity contribution in [1.29, 1.82) is 0 Å². The smallest absolute Gasteiger partial charge is 0.204 e. The van der Waals surface area contributed by atoms with Gasteiger partial charge in [-0.15, -0.1) is 0 Å². The second-order valence-corrected chi connectivity index (χ2v) is 8.19. The highest BCUT2D eigenvalue weighted by molar-refractivity contribution is 7.56. The van der Waals surface area contributed by atoms with Crippen LogP contribution in [0.1, 0.15) is 15.9 Å². The molecule has 0 aliphatic carbocycles. The molecule has 0 aliphatic heterocycles. The Morgan fingerprint density at radius 1 is 0.625 bits per heavy atom. The third-order valence-electron chi connectivity index (χ3n) is 3.34.